The van der Waals surface area contributed by atoms with Crippen molar-refractivity contribution >= 4 is 39.7 Å². The van der Waals surface area contributed by atoms with Crippen molar-refractivity contribution in [2.45, 2.75) is 32.2 Å². The lowest BCUT2D eigenvalue weighted by molar-refractivity contribution is -0.136. The van der Waals surface area contributed by atoms with Crippen LogP contribution in [0.1, 0.15) is 36.6 Å². The Morgan fingerprint density at radius 1 is 1.13 bits per heavy atom. The number of thiophene rings is 1. The van der Waals surface area contributed by atoms with Gasteiger partial charge in [0, 0.05) is 17.6 Å². The Balaban J connectivity index is 1.43. The number of piperidine rings is 1. The highest BCUT2D eigenvalue weighted by Crippen LogP contribution is 2.26. The molecule has 1 aliphatic rings. The highest BCUT2D eigenvalue weighted by Gasteiger charge is 2.24. The molecule has 30 heavy (non-hydrogen) atoms. The Labute approximate surface area is 180 Å². The molecule has 1 aliphatic heterocycles. The van der Waals surface area contributed by atoms with E-state index in [1.807, 2.05) is 31.2 Å². The first-order chi connectivity index (χ1) is 14.6. The summed E-state index contributed by atoms with van der Waals surface area (Å²) in [5, 5.41) is 10.6. The fourth-order valence-corrected chi connectivity index (χ4v) is 4.72. The van der Waals surface area contributed by atoms with Gasteiger partial charge in [0.25, 0.3) is 0 Å². The molecule has 2 N–H and O–H groups in total. The molecule has 7 heteroatoms. The van der Waals surface area contributed by atoms with Crippen molar-refractivity contribution in [3.05, 3.63) is 58.4 Å². The van der Waals surface area contributed by atoms with Crippen LogP contribution >= 0.6 is 11.3 Å². The monoisotopic (exact) mass is 422 g/mol. The van der Waals surface area contributed by atoms with Crippen molar-refractivity contribution in [3.8, 4) is 0 Å². The van der Waals surface area contributed by atoms with E-state index >= 15 is 0 Å². The van der Waals surface area contributed by atoms with Gasteiger partial charge in [-0.2, -0.15) is 11.3 Å². The number of carbonyl (C=O) groups is 2. The number of carbonyl (C=O) groups excluding carboxylic acids is 2. The Kier molecular flexibility index (Phi) is 6.40. The van der Waals surface area contributed by atoms with Crippen LogP contribution in [0.4, 0.5) is 5.69 Å². The molecule has 1 aromatic carbocycles. The molecule has 0 saturated carbocycles. The fraction of sp³-hybridized carbons (Fsp3) is 0.348. The van der Waals surface area contributed by atoms with Crippen LogP contribution in [0.25, 0.3) is 10.9 Å². The van der Waals surface area contributed by atoms with Gasteiger partial charge in [-0.25, -0.2) is 0 Å². The van der Waals surface area contributed by atoms with E-state index in [1.165, 1.54) is 24.8 Å². The number of aryl methyl sites for hydroxylation is 1. The number of likely N-dealkylation sites (tertiary alicyclic amines) is 1. The second kappa shape index (κ2) is 9.36. The zero-order valence-electron chi connectivity index (χ0n) is 17.1. The number of nitrogens with one attached hydrogen (secondary N) is 2. The molecule has 3 heterocycles. The smallest absolute Gasteiger partial charge is 0.313 e. The van der Waals surface area contributed by atoms with E-state index in [1.54, 1.807) is 17.4 Å². The van der Waals surface area contributed by atoms with Crippen LogP contribution in [0, 0.1) is 6.92 Å². The normalized spacial score (nSPS) is 15.6. The zero-order chi connectivity index (χ0) is 20.9. The van der Waals surface area contributed by atoms with Crippen LogP contribution in [-0.2, 0) is 9.59 Å². The first kappa shape index (κ1) is 20.5. The number of hydrogen-bond acceptors (Lipinski definition) is 5. The van der Waals surface area contributed by atoms with Crippen molar-refractivity contribution in [1.82, 2.24) is 15.2 Å². The number of rotatable bonds is 5. The lowest BCUT2D eigenvalue weighted by Crippen LogP contribution is -2.43. The van der Waals surface area contributed by atoms with Crippen LogP contribution in [0.15, 0.2) is 47.2 Å². The maximum atomic E-state index is 12.6. The van der Waals surface area contributed by atoms with Crippen molar-refractivity contribution < 1.29 is 9.59 Å². The third-order valence-corrected chi connectivity index (χ3v) is 6.22. The maximum absolute atomic E-state index is 12.6. The van der Waals surface area contributed by atoms with Gasteiger partial charge in [0.1, 0.15) is 0 Å². The molecule has 1 unspecified atom stereocenters. The number of pyridine rings is 1. The molecule has 0 bridgehead atoms. The Bertz CT molecular complexity index is 1030. The van der Waals surface area contributed by atoms with Gasteiger partial charge in [-0.3, -0.25) is 19.5 Å². The largest absolute Gasteiger partial charge is 0.346 e. The fourth-order valence-electron chi connectivity index (χ4n) is 4.01. The van der Waals surface area contributed by atoms with E-state index in [-0.39, 0.29) is 6.04 Å². The summed E-state index contributed by atoms with van der Waals surface area (Å²) in [5.41, 5.74) is 3.37. The predicted octanol–water partition coefficient (Wildman–Crippen LogP) is 3.89. The van der Waals surface area contributed by atoms with E-state index in [4.69, 9.17) is 0 Å². The van der Waals surface area contributed by atoms with E-state index in [0.29, 0.717) is 12.2 Å². The molecule has 0 spiro atoms. The van der Waals surface area contributed by atoms with Crippen LogP contribution in [0.2, 0.25) is 0 Å². The molecule has 2 aromatic heterocycles. The molecule has 1 fully saturated rings. The molecule has 6 nitrogen and oxygen atoms in total. The molecule has 1 atom stereocenters. The van der Waals surface area contributed by atoms with Crippen LogP contribution < -0.4 is 10.6 Å². The average Bonchev–Trinajstić information content (AvgIpc) is 3.29. The summed E-state index contributed by atoms with van der Waals surface area (Å²) in [7, 11) is 0. The predicted molar refractivity (Wildman–Crippen MR) is 121 cm³/mol. The van der Waals surface area contributed by atoms with E-state index in [9.17, 15) is 9.59 Å². The topological polar surface area (TPSA) is 74.3 Å². The summed E-state index contributed by atoms with van der Waals surface area (Å²) in [4.78, 5) is 32.0. The van der Waals surface area contributed by atoms with Crippen molar-refractivity contribution in [2.24, 2.45) is 0 Å². The van der Waals surface area contributed by atoms with E-state index in [2.05, 4.69) is 37.3 Å². The van der Waals surface area contributed by atoms with Gasteiger partial charge in [-0.1, -0.05) is 24.6 Å². The third-order valence-electron chi connectivity index (χ3n) is 5.51. The summed E-state index contributed by atoms with van der Waals surface area (Å²) in [5.74, 6) is -1.28. The molecule has 4 rings (SSSR count). The quantitative estimate of drug-likeness (QED) is 0.612. The van der Waals surface area contributed by atoms with Gasteiger partial charge in [0.15, 0.2) is 0 Å². The van der Waals surface area contributed by atoms with Gasteiger partial charge >= 0.3 is 11.8 Å². The molecule has 156 valence electrons. The maximum Gasteiger partial charge on any atom is 0.313 e. The van der Waals surface area contributed by atoms with Gasteiger partial charge in [-0.15, -0.1) is 0 Å². The number of benzene rings is 1. The standard InChI is InChI=1S/C23H26N4O2S/c1-16-13-20(18-7-3-4-8-19(18)25-16)26-23(29)22(28)24-14-21(17-9-12-30-15-17)27-10-5-2-6-11-27/h3-4,7-9,12-13,15,21H,2,5-6,10-11,14H2,1H3,(H,24,28)(H,25,26,29). The third kappa shape index (κ3) is 4.68. The molecule has 0 radical (unpaired) electrons. The second-order valence-corrected chi connectivity index (χ2v) is 8.44. The van der Waals surface area contributed by atoms with E-state index in [0.717, 1.165) is 29.7 Å². The van der Waals surface area contributed by atoms with Crippen molar-refractivity contribution in [1.29, 1.82) is 0 Å². The van der Waals surface area contributed by atoms with Crippen molar-refractivity contribution in [3.63, 3.8) is 0 Å². The Morgan fingerprint density at radius 3 is 2.70 bits per heavy atom. The lowest BCUT2D eigenvalue weighted by atomic mass is 10.0. The zero-order valence-corrected chi connectivity index (χ0v) is 17.9. The summed E-state index contributed by atoms with van der Waals surface area (Å²) in [6, 6.07) is 11.5. The van der Waals surface area contributed by atoms with Crippen molar-refractivity contribution in [2.75, 3.05) is 25.0 Å². The van der Waals surface area contributed by atoms with Crippen LogP contribution in [-0.4, -0.2) is 41.3 Å². The first-order valence-electron chi connectivity index (χ1n) is 10.3. The van der Waals surface area contributed by atoms with Gasteiger partial charge in [-0.05, 0) is 67.4 Å². The minimum atomic E-state index is -0.659. The molecular formula is C23H26N4O2S. The highest BCUT2D eigenvalue weighted by molar-refractivity contribution is 7.08. The SMILES string of the molecule is Cc1cc(NC(=O)C(=O)NCC(c2ccsc2)N2CCCCC2)c2ccccc2n1. The average molecular weight is 423 g/mol. The number of amides is 2. The number of aromatic nitrogens is 1. The van der Waals surface area contributed by atoms with Gasteiger partial charge < -0.3 is 10.6 Å². The number of nitrogens with zero attached hydrogens (tertiary/aromatic N) is 2. The van der Waals surface area contributed by atoms with E-state index < -0.39 is 11.8 Å². The summed E-state index contributed by atoms with van der Waals surface area (Å²) in [6.07, 6.45) is 3.59. The Morgan fingerprint density at radius 2 is 1.93 bits per heavy atom. The summed E-state index contributed by atoms with van der Waals surface area (Å²) < 4.78 is 0. The number of fused-ring (bicyclic) bond motifs is 1. The highest BCUT2D eigenvalue weighted by atomic mass is 32.1. The van der Waals surface area contributed by atoms with Crippen LogP contribution in [0.5, 0.6) is 0 Å². The molecule has 2 amide bonds. The number of anilines is 1. The summed E-state index contributed by atoms with van der Waals surface area (Å²) >= 11 is 1.65. The van der Waals surface area contributed by atoms with Gasteiger partial charge in [0.05, 0.1) is 17.2 Å². The minimum absolute atomic E-state index is 0.0947. The number of hydrogen-bond donors (Lipinski definition) is 2. The molecule has 1 saturated heterocycles. The lowest BCUT2D eigenvalue weighted by Gasteiger charge is -2.34. The first-order valence-corrected chi connectivity index (χ1v) is 11.3. The molecular weight excluding hydrogens is 396 g/mol. The van der Waals surface area contributed by atoms with Gasteiger partial charge in [0.2, 0.25) is 0 Å². The summed E-state index contributed by atoms with van der Waals surface area (Å²) in [6.45, 7) is 4.32. The molecule has 3 aromatic rings. The second-order valence-electron chi connectivity index (χ2n) is 7.66. The Hall–Kier alpha value is -2.77. The minimum Gasteiger partial charge on any atom is -0.346 e. The molecule has 0 aliphatic carbocycles. The number of para-hydroxylation sites is 1. The van der Waals surface area contributed by atoms with Crippen LogP contribution in [0.3, 0.4) is 0 Å².